The molecule has 0 unspecified atom stereocenters. The van der Waals surface area contributed by atoms with Gasteiger partial charge in [0.25, 0.3) is 0 Å². The lowest BCUT2D eigenvalue weighted by molar-refractivity contribution is -0.143. The van der Waals surface area contributed by atoms with Crippen LogP contribution in [0, 0.1) is 5.82 Å². The van der Waals surface area contributed by atoms with Gasteiger partial charge in [0.05, 0.1) is 21.8 Å². The van der Waals surface area contributed by atoms with E-state index in [0.717, 1.165) is 0 Å². The largest absolute Gasteiger partial charge is 0.416 e. The number of carbonyl (C=O) groups excluding carboxylic acids is 2. The molecule has 0 saturated carbocycles. The highest BCUT2D eigenvalue weighted by Gasteiger charge is 2.49. The zero-order chi connectivity index (χ0) is 25.6. The molecular formula is C22H18F7N3O2S. The monoisotopic (exact) mass is 521 g/mol. The molecule has 1 N–H and O–H groups in total. The summed E-state index contributed by atoms with van der Waals surface area (Å²) in [5.41, 5.74) is -3.19. The Balaban J connectivity index is 1.49. The number of thioether (sulfide) groups is 1. The minimum Gasteiger partial charge on any atom is -0.324 e. The Bertz CT molecular complexity index is 1100. The Hall–Kier alpha value is -2.96. The van der Waals surface area contributed by atoms with Crippen molar-refractivity contribution in [3.63, 3.8) is 0 Å². The smallest absolute Gasteiger partial charge is 0.324 e. The average Bonchev–Trinajstić information content (AvgIpc) is 3.09. The van der Waals surface area contributed by atoms with E-state index >= 15 is 0 Å². The van der Waals surface area contributed by atoms with Crippen LogP contribution in [0.1, 0.15) is 24.0 Å². The fourth-order valence-electron chi connectivity index (χ4n) is 4.18. The highest BCUT2D eigenvalue weighted by molar-refractivity contribution is 8.02. The molecule has 35 heavy (non-hydrogen) atoms. The normalized spacial score (nSPS) is 18.3. The van der Waals surface area contributed by atoms with E-state index in [4.69, 9.17) is 0 Å². The van der Waals surface area contributed by atoms with Gasteiger partial charge in [0.1, 0.15) is 5.82 Å². The Morgan fingerprint density at radius 3 is 1.97 bits per heavy atom. The number of nitrogens with one attached hydrogen (secondary N) is 1. The van der Waals surface area contributed by atoms with E-state index in [2.05, 4.69) is 5.32 Å². The van der Waals surface area contributed by atoms with Crippen molar-refractivity contribution in [1.82, 2.24) is 4.90 Å². The van der Waals surface area contributed by atoms with E-state index < -0.39 is 45.9 Å². The first-order valence-corrected chi connectivity index (χ1v) is 11.4. The number of alkyl halides is 6. The number of likely N-dealkylation sites (tertiary alicyclic amines) is 1. The summed E-state index contributed by atoms with van der Waals surface area (Å²) in [4.78, 5) is 27.4. The van der Waals surface area contributed by atoms with Crippen molar-refractivity contribution in [3.8, 4) is 0 Å². The number of hydrogen-bond donors (Lipinski definition) is 1. The van der Waals surface area contributed by atoms with Crippen LogP contribution in [0.4, 0.5) is 46.9 Å². The Kier molecular flexibility index (Phi) is 6.41. The van der Waals surface area contributed by atoms with Gasteiger partial charge in [0.15, 0.2) is 0 Å². The first-order valence-electron chi connectivity index (χ1n) is 10.4. The molecule has 13 heteroatoms. The van der Waals surface area contributed by atoms with Crippen LogP contribution in [0.2, 0.25) is 0 Å². The number of amides is 3. The van der Waals surface area contributed by atoms with Gasteiger partial charge in [0.2, 0.25) is 5.91 Å². The number of rotatable bonds is 2. The lowest BCUT2D eigenvalue weighted by Gasteiger charge is -2.43. The third-order valence-corrected chi connectivity index (χ3v) is 7.40. The van der Waals surface area contributed by atoms with Crippen LogP contribution in [0.15, 0.2) is 42.5 Å². The summed E-state index contributed by atoms with van der Waals surface area (Å²) >= 11 is 1.38. The van der Waals surface area contributed by atoms with Gasteiger partial charge in [-0.2, -0.15) is 26.3 Å². The molecule has 2 aliphatic rings. The minimum atomic E-state index is -5.03. The van der Waals surface area contributed by atoms with E-state index in [9.17, 15) is 40.3 Å². The molecule has 5 nitrogen and oxygen atoms in total. The van der Waals surface area contributed by atoms with Gasteiger partial charge < -0.3 is 10.2 Å². The molecule has 0 radical (unpaired) electrons. The highest BCUT2D eigenvalue weighted by Crippen LogP contribution is 2.47. The number of hydrogen-bond acceptors (Lipinski definition) is 3. The van der Waals surface area contributed by atoms with Crippen molar-refractivity contribution in [3.05, 3.63) is 59.4 Å². The van der Waals surface area contributed by atoms with E-state index in [1.807, 2.05) is 0 Å². The highest BCUT2D eigenvalue weighted by atomic mass is 32.2. The number of benzene rings is 2. The number of piperidine rings is 1. The van der Waals surface area contributed by atoms with Crippen LogP contribution in [-0.2, 0) is 17.1 Å². The Labute approximate surface area is 199 Å². The number of nitrogens with zero attached hydrogens (tertiary/aromatic N) is 2. The quantitative estimate of drug-likeness (QED) is 0.496. The van der Waals surface area contributed by atoms with E-state index in [0.29, 0.717) is 30.7 Å². The Morgan fingerprint density at radius 2 is 1.46 bits per heavy atom. The lowest BCUT2D eigenvalue weighted by atomic mass is 10.0. The maximum Gasteiger partial charge on any atom is 0.416 e. The van der Waals surface area contributed by atoms with Crippen LogP contribution < -0.4 is 10.2 Å². The van der Waals surface area contributed by atoms with Gasteiger partial charge in [-0.3, -0.25) is 9.69 Å². The zero-order valence-corrected chi connectivity index (χ0v) is 18.7. The average molecular weight is 521 g/mol. The number of anilines is 2. The zero-order valence-electron chi connectivity index (χ0n) is 17.8. The Morgan fingerprint density at radius 1 is 0.914 bits per heavy atom. The fraction of sp³-hybridized carbons (Fsp3) is 0.364. The molecule has 1 spiro atoms. The van der Waals surface area contributed by atoms with Crippen LogP contribution >= 0.6 is 11.8 Å². The van der Waals surface area contributed by atoms with Gasteiger partial charge in [-0.1, -0.05) is 0 Å². The van der Waals surface area contributed by atoms with Crippen molar-refractivity contribution < 1.29 is 40.3 Å². The molecule has 0 atom stereocenters. The topological polar surface area (TPSA) is 52.7 Å². The molecule has 2 aliphatic heterocycles. The summed E-state index contributed by atoms with van der Waals surface area (Å²) in [6.07, 6.45) is -9.45. The van der Waals surface area contributed by atoms with Gasteiger partial charge >= 0.3 is 18.4 Å². The van der Waals surface area contributed by atoms with Gasteiger partial charge in [-0.15, -0.1) is 11.8 Å². The SMILES string of the molecule is O=C(Nc1cc(C(F)(F)F)cc(C(F)(F)F)c1)N1CCC2(CC1)SCC(=O)N2c1ccc(F)cc1. The van der Waals surface area contributed by atoms with Crippen LogP contribution in [0.3, 0.4) is 0 Å². The predicted molar refractivity (Wildman–Crippen MR) is 115 cm³/mol. The van der Waals surface area contributed by atoms with Gasteiger partial charge in [-0.05, 0) is 55.3 Å². The molecule has 188 valence electrons. The van der Waals surface area contributed by atoms with Crippen LogP contribution in [0.25, 0.3) is 0 Å². The lowest BCUT2D eigenvalue weighted by Crippen LogP contribution is -2.53. The number of carbonyl (C=O) groups is 2. The van der Waals surface area contributed by atoms with Crippen molar-refractivity contribution >= 4 is 35.1 Å². The number of halogens is 7. The standard InChI is InChI=1S/C22H18F7N3O2S/c23-15-1-3-17(4-2-15)32-18(33)12-35-20(32)5-7-31(8-6-20)19(34)30-16-10-13(21(24,25)26)9-14(11-16)22(27,28)29/h1-4,9-11H,5-8,12H2,(H,30,34). The maximum absolute atomic E-state index is 13.3. The molecule has 2 aromatic rings. The summed E-state index contributed by atoms with van der Waals surface area (Å²) in [5.74, 6) is -0.450. The van der Waals surface area contributed by atoms with Crippen LogP contribution in [-0.4, -0.2) is 40.6 Å². The summed E-state index contributed by atoms with van der Waals surface area (Å²) in [6, 6.07) is 5.44. The summed E-state index contributed by atoms with van der Waals surface area (Å²) in [7, 11) is 0. The summed E-state index contributed by atoms with van der Waals surface area (Å²) in [6.45, 7) is 0.212. The van der Waals surface area contributed by atoms with E-state index in [-0.39, 0.29) is 30.8 Å². The summed E-state index contributed by atoms with van der Waals surface area (Å²) < 4.78 is 91.8. The molecule has 2 heterocycles. The van der Waals surface area contributed by atoms with Gasteiger partial charge in [-0.25, -0.2) is 9.18 Å². The minimum absolute atomic E-state index is 0.0152. The predicted octanol–water partition coefficient (Wildman–Crippen LogP) is 5.97. The van der Waals surface area contributed by atoms with Crippen molar-refractivity contribution in [2.24, 2.45) is 0 Å². The molecular weight excluding hydrogens is 503 g/mol. The fourth-order valence-corrected chi connectivity index (χ4v) is 5.51. The number of urea groups is 1. The van der Waals surface area contributed by atoms with Crippen molar-refractivity contribution in [1.29, 1.82) is 0 Å². The molecule has 4 rings (SSSR count). The molecule has 3 amide bonds. The first-order chi connectivity index (χ1) is 16.3. The van der Waals surface area contributed by atoms with E-state index in [1.54, 1.807) is 4.90 Å². The molecule has 2 fully saturated rings. The molecule has 0 bridgehead atoms. The summed E-state index contributed by atoms with van der Waals surface area (Å²) in [5, 5.41) is 2.13. The van der Waals surface area contributed by atoms with Gasteiger partial charge in [0, 0.05) is 24.5 Å². The van der Waals surface area contributed by atoms with Crippen molar-refractivity contribution in [2.75, 3.05) is 29.1 Å². The maximum atomic E-state index is 13.3. The molecule has 2 saturated heterocycles. The molecule has 0 aromatic heterocycles. The molecule has 2 aromatic carbocycles. The third-order valence-electron chi connectivity index (χ3n) is 5.88. The first kappa shape index (κ1) is 25.1. The van der Waals surface area contributed by atoms with Crippen molar-refractivity contribution in [2.45, 2.75) is 30.1 Å². The molecule has 0 aliphatic carbocycles. The second-order valence-electron chi connectivity index (χ2n) is 8.15. The third kappa shape index (κ3) is 5.19. The van der Waals surface area contributed by atoms with Crippen LogP contribution in [0.5, 0.6) is 0 Å². The van der Waals surface area contributed by atoms with E-state index in [1.165, 1.54) is 40.9 Å². The second-order valence-corrected chi connectivity index (χ2v) is 9.49. The second kappa shape index (κ2) is 8.92.